The van der Waals surface area contributed by atoms with Crippen LogP contribution in [0.15, 0.2) is 15.9 Å². The first-order valence-electron chi connectivity index (χ1n) is 6.50. The van der Waals surface area contributed by atoms with Gasteiger partial charge in [-0.1, -0.05) is 19.8 Å². The molecule has 4 heteroatoms. The van der Waals surface area contributed by atoms with Crippen LogP contribution in [0.3, 0.4) is 0 Å². The molecule has 17 heavy (non-hydrogen) atoms. The molecule has 2 rings (SSSR count). The van der Waals surface area contributed by atoms with Crippen LogP contribution in [-0.4, -0.2) is 31.1 Å². The lowest BCUT2D eigenvalue weighted by Crippen LogP contribution is -2.45. The second-order valence-corrected chi connectivity index (χ2v) is 6.47. The molecule has 0 saturated carbocycles. The number of rotatable bonds is 5. The monoisotopic (exact) mass is 316 g/mol. The largest absolute Gasteiger partial charge is 0.314 e. The molecule has 1 aliphatic heterocycles. The molecule has 1 saturated heterocycles. The topological polar surface area (TPSA) is 15.3 Å². The molecule has 1 aliphatic rings. The fourth-order valence-electron chi connectivity index (χ4n) is 2.40. The average Bonchev–Trinajstić information content (AvgIpc) is 2.78. The predicted molar refractivity (Wildman–Crippen MR) is 78.7 cm³/mol. The number of hydrogen-bond donors (Lipinski definition) is 1. The highest BCUT2D eigenvalue weighted by atomic mass is 79.9. The van der Waals surface area contributed by atoms with E-state index >= 15 is 0 Å². The summed E-state index contributed by atoms with van der Waals surface area (Å²) in [6.07, 6.45) is 3.91. The van der Waals surface area contributed by atoms with E-state index in [9.17, 15) is 0 Å². The van der Waals surface area contributed by atoms with Gasteiger partial charge in [0.2, 0.25) is 0 Å². The lowest BCUT2D eigenvalue weighted by molar-refractivity contribution is 0.165. The van der Waals surface area contributed by atoms with Gasteiger partial charge in [-0.15, -0.1) is 11.3 Å². The van der Waals surface area contributed by atoms with Gasteiger partial charge in [-0.25, -0.2) is 0 Å². The lowest BCUT2D eigenvalue weighted by atomic mass is 10.1. The minimum atomic E-state index is 0.633. The SMILES string of the molecule is CCCC[C@H](c1cc(Br)cs1)N1CCNCC1. The van der Waals surface area contributed by atoms with Crippen LogP contribution in [0.4, 0.5) is 0 Å². The van der Waals surface area contributed by atoms with Crippen LogP contribution in [0.25, 0.3) is 0 Å². The van der Waals surface area contributed by atoms with Gasteiger partial charge in [0.25, 0.3) is 0 Å². The normalized spacial score (nSPS) is 19.4. The van der Waals surface area contributed by atoms with Gasteiger partial charge in [-0.3, -0.25) is 4.90 Å². The van der Waals surface area contributed by atoms with Gasteiger partial charge in [0.05, 0.1) is 0 Å². The molecule has 1 aromatic rings. The van der Waals surface area contributed by atoms with Crippen molar-refractivity contribution in [2.75, 3.05) is 26.2 Å². The highest BCUT2D eigenvalue weighted by Crippen LogP contribution is 2.33. The zero-order chi connectivity index (χ0) is 12.1. The molecule has 0 bridgehead atoms. The number of unbranched alkanes of at least 4 members (excludes halogenated alkanes) is 1. The fourth-order valence-corrected chi connectivity index (χ4v) is 4.01. The van der Waals surface area contributed by atoms with Crippen LogP contribution < -0.4 is 5.32 Å². The number of nitrogens with one attached hydrogen (secondary N) is 1. The van der Waals surface area contributed by atoms with Gasteiger partial charge in [-0.05, 0) is 28.4 Å². The Kier molecular flexibility index (Phi) is 5.48. The molecule has 0 radical (unpaired) electrons. The number of nitrogens with zero attached hydrogens (tertiary/aromatic N) is 1. The summed E-state index contributed by atoms with van der Waals surface area (Å²) in [4.78, 5) is 4.16. The summed E-state index contributed by atoms with van der Waals surface area (Å²) in [5, 5.41) is 5.64. The predicted octanol–water partition coefficient (Wildman–Crippen LogP) is 3.65. The van der Waals surface area contributed by atoms with Crippen molar-refractivity contribution >= 4 is 27.3 Å². The zero-order valence-corrected chi connectivity index (χ0v) is 12.8. The third-order valence-electron chi connectivity index (χ3n) is 3.34. The minimum Gasteiger partial charge on any atom is -0.314 e. The molecule has 1 aromatic heterocycles. The molecule has 0 unspecified atom stereocenters. The minimum absolute atomic E-state index is 0.633. The van der Waals surface area contributed by atoms with Crippen molar-refractivity contribution in [1.82, 2.24) is 10.2 Å². The van der Waals surface area contributed by atoms with E-state index in [4.69, 9.17) is 0 Å². The van der Waals surface area contributed by atoms with Crippen LogP contribution in [0, 0.1) is 0 Å². The first-order valence-corrected chi connectivity index (χ1v) is 8.17. The van der Waals surface area contributed by atoms with E-state index in [1.54, 1.807) is 0 Å². The smallest absolute Gasteiger partial charge is 0.0443 e. The Morgan fingerprint density at radius 1 is 1.47 bits per heavy atom. The summed E-state index contributed by atoms with van der Waals surface area (Å²) >= 11 is 5.46. The maximum atomic E-state index is 3.57. The van der Waals surface area contributed by atoms with Crippen LogP contribution in [0.2, 0.25) is 0 Å². The second-order valence-electron chi connectivity index (χ2n) is 4.61. The molecule has 1 fully saturated rings. The first-order chi connectivity index (χ1) is 8.31. The van der Waals surface area contributed by atoms with Crippen molar-refractivity contribution in [2.24, 2.45) is 0 Å². The standard InChI is InChI=1S/C13H21BrN2S/c1-2-3-4-12(13-9-11(14)10-17-13)16-7-5-15-6-8-16/h9-10,12,15H,2-8H2,1H3/t12-/m1/s1. The quantitative estimate of drug-likeness (QED) is 0.892. The second kappa shape index (κ2) is 6.88. The summed E-state index contributed by atoms with van der Waals surface area (Å²) in [5.74, 6) is 0. The van der Waals surface area contributed by atoms with Crippen molar-refractivity contribution in [3.8, 4) is 0 Å². The van der Waals surface area contributed by atoms with E-state index in [0.717, 1.165) is 13.1 Å². The summed E-state index contributed by atoms with van der Waals surface area (Å²) in [6.45, 7) is 6.91. The molecule has 1 N–H and O–H groups in total. The number of hydrogen-bond acceptors (Lipinski definition) is 3. The van der Waals surface area contributed by atoms with Crippen LogP contribution in [-0.2, 0) is 0 Å². The number of piperazine rings is 1. The van der Waals surface area contributed by atoms with E-state index in [2.05, 4.69) is 44.5 Å². The van der Waals surface area contributed by atoms with E-state index in [1.807, 2.05) is 11.3 Å². The van der Waals surface area contributed by atoms with Crippen molar-refractivity contribution < 1.29 is 0 Å². The van der Waals surface area contributed by atoms with E-state index in [1.165, 1.54) is 41.7 Å². The summed E-state index contributed by atoms with van der Waals surface area (Å²) < 4.78 is 1.23. The Hall–Kier alpha value is 0.1000. The summed E-state index contributed by atoms with van der Waals surface area (Å²) in [6, 6.07) is 2.93. The Labute approximate surface area is 117 Å². The molecular weight excluding hydrogens is 296 g/mol. The van der Waals surface area contributed by atoms with E-state index in [0.29, 0.717) is 6.04 Å². The van der Waals surface area contributed by atoms with Crippen molar-refractivity contribution in [2.45, 2.75) is 32.2 Å². The Morgan fingerprint density at radius 2 is 2.24 bits per heavy atom. The highest BCUT2D eigenvalue weighted by molar-refractivity contribution is 9.10. The fraction of sp³-hybridized carbons (Fsp3) is 0.692. The van der Waals surface area contributed by atoms with Crippen LogP contribution >= 0.6 is 27.3 Å². The third-order valence-corrected chi connectivity index (χ3v) is 5.13. The van der Waals surface area contributed by atoms with Gasteiger partial charge in [0, 0.05) is 47.0 Å². The van der Waals surface area contributed by atoms with Crippen molar-refractivity contribution in [3.05, 3.63) is 20.8 Å². The Bertz CT molecular complexity index is 334. The number of thiophene rings is 1. The highest BCUT2D eigenvalue weighted by Gasteiger charge is 2.22. The maximum absolute atomic E-state index is 3.57. The maximum Gasteiger partial charge on any atom is 0.0443 e. The first kappa shape index (κ1) is 13.5. The van der Waals surface area contributed by atoms with Gasteiger partial charge < -0.3 is 5.32 Å². The van der Waals surface area contributed by atoms with Gasteiger partial charge >= 0.3 is 0 Å². The molecule has 0 aromatic carbocycles. The average molecular weight is 317 g/mol. The summed E-state index contributed by atoms with van der Waals surface area (Å²) in [7, 11) is 0. The lowest BCUT2D eigenvalue weighted by Gasteiger charge is -2.34. The Morgan fingerprint density at radius 3 is 2.82 bits per heavy atom. The van der Waals surface area contributed by atoms with E-state index < -0.39 is 0 Å². The van der Waals surface area contributed by atoms with Gasteiger partial charge in [0.15, 0.2) is 0 Å². The van der Waals surface area contributed by atoms with Gasteiger partial charge in [-0.2, -0.15) is 0 Å². The van der Waals surface area contributed by atoms with Crippen LogP contribution in [0.1, 0.15) is 37.1 Å². The van der Waals surface area contributed by atoms with Crippen LogP contribution in [0.5, 0.6) is 0 Å². The van der Waals surface area contributed by atoms with Crippen molar-refractivity contribution in [1.29, 1.82) is 0 Å². The molecule has 0 amide bonds. The van der Waals surface area contributed by atoms with Gasteiger partial charge in [0.1, 0.15) is 0 Å². The number of halogens is 1. The molecule has 1 atom stereocenters. The van der Waals surface area contributed by atoms with Crippen molar-refractivity contribution in [3.63, 3.8) is 0 Å². The molecule has 96 valence electrons. The molecule has 2 nitrogen and oxygen atoms in total. The third kappa shape index (κ3) is 3.78. The molecule has 2 heterocycles. The van der Waals surface area contributed by atoms with E-state index in [-0.39, 0.29) is 0 Å². The molecule has 0 spiro atoms. The zero-order valence-electron chi connectivity index (χ0n) is 10.4. The molecular formula is C13H21BrN2S. The Balaban J connectivity index is 2.06. The summed E-state index contributed by atoms with van der Waals surface area (Å²) in [5.41, 5.74) is 0. The molecule has 0 aliphatic carbocycles.